The molecule has 0 bridgehead atoms. The molecule has 0 spiro atoms. The number of rotatable bonds is 6. The summed E-state index contributed by atoms with van der Waals surface area (Å²) in [4.78, 5) is 15.2. The van der Waals surface area contributed by atoms with Gasteiger partial charge < -0.3 is 4.90 Å². The molecule has 4 aromatic carbocycles. The lowest BCUT2D eigenvalue weighted by Gasteiger charge is -2.25. The van der Waals surface area contributed by atoms with Crippen molar-refractivity contribution in [2.24, 2.45) is 0 Å². The van der Waals surface area contributed by atoms with Crippen LogP contribution in [0.3, 0.4) is 0 Å². The number of halogens is 3. The maximum absolute atomic E-state index is 14.0. The molecule has 5 nitrogen and oxygen atoms in total. The Morgan fingerprint density at radius 2 is 1.65 bits per heavy atom. The number of carbonyl (C=O) groups is 1. The van der Waals surface area contributed by atoms with Crippen molar-refractivity contribution in [3.05, 3.63) is 122 Å². The molecule has 0 saturated heterocycles. The van der Waals surface area contributed by atoms with Gasteiger partial charge in [-0.25, -0.2) is 8.42 Å². The van der Waals surface area contributed by atoms with Gasteiger partial charge in [0.15, 0.2) is 0 Å². The van der Waals surface area contributed by atoms with Crippen LogP contribution in [0, 0.1) is 0 Å². The average molecular weight is 616 g/mol. The van der Waals surface area contributed by atoms with Crippen molar-refractivity contribution in [1.82, 2.24) is 0 Å². The zero-order valence-electron chi connectivity index (χ0n) is 19.4. The summed E-state index contributed by atoms with van der Waals surface area (Å²) in [6.45, 7) is 0.583. The predicted molar refractivity (Wildman–Crippen MR) is 152 cm³/mol. The molecule has 1 amide bonds. The monoisotopic (exact) mass is 614 g/mol. The fraction of sp³-hybridized carbons (Fsp3) is 0.107. The second kappa shape index (κ2) is 10.5. The number of benzene rings is 4. The number of carbonyl (C=O) groups excluding carboxylic acids is 1. The van der Waals surface area contributed by atoms with Crippen molar-refractivity contribution >= 4 is 66.4 Å². The van der Waals surface area contributed by atoms with Gasteiger partial charge in [-0.05, 0) is 72.1 Å². The predicted octanol–water partition coefficient (Wildman–Crippen LogP) is 7.35. The van der Waals surface area contributed by atoms with Crippen molar-refractivity contribution in [1.29, 1.82) is 0 Å². The highest BCUT2D eigenvalue weighted by atomic mass is 79.9. The van der Waals surface area contributed by atoms with Gasteiger partial charge in [0.05, 0.1) is 27.7 Å². The van der Waals surface area contributed by atoms with Crippen molar-refractivity contribution < 1.29 is 13.2 Å². The first kappa shape index (κ1) is 25.8. The van der Waals surface area contributed by atoms with Gasteiger partial charge in [0.2, 0.25) is 0 Å². The second-order valence-electron chi connectivity index (χ2n) is 8.56. The molecule has 0 aliphatic carbocycles. The van der Waals surface area contributed by atoms with Crippen LogP contribution in [0.5, 0.6) is 0 Å². The van der Waals surface area contributed by atoms with Crippen molar-refractivity contribution in [2.45, 2.75) is 17.9 Å². The molecule has 9 heteroatoms. The average Bonchev–Trinajstić information content (AvgIpc) is 3.34. The largest absolute Gasteiger partial charge is 0.308 e. The first-order valence-corrected chi connectivity index (χ1v) is 14.5. The summed E-state index contributed by atoms with van der Waals surface area (Å²) in [7, 11) is -4.08. The highest BCUT2D eigenvalue weighted by molar-refractivity contribution is 9.10. The van der Waals surface area contributed by atoms with E-state index in [9.17, 15) is 13.2 Å². The van der Waals surface area contributed by atoms with Gasteiger partial charge in [-0.2, -0.15) is 0 Å². The van der Waals surface area contributed by atoms with Crippen LogP contribution in [0.15, 0.2) is 100 Å². The maximum Gasteiger partial charge on any atom is 0.264 e. The van der Waals surface area contributed by atoms with Crippen molar-refractivity contribution in [3.8, 4) is 0 Å². The fourth-order valence-corrected chi connectivity index (χ4v) is 6.73. The molecule has 0 atom stereocenters. The van der Waals surface area contributed by atoms with E-state index in [1.165, 1.54) is 22.5 Å². The van der Waals surface area contributed by atoms with Gasteiger partial charge in [-0.15, -0.1) is 0 Å². The van der Waals surface area contributed by atoms with Crippen LogP contribution in [0.2, 0.25) is 10.0 Å². The van der Waals surface area contributed by atoms with E-state index in [2.05, 4.69) is 15.9 Å². The Morgan fingerprint density at radius 1 is 0.919 bits per heavy atom. The second-order valence-corrected chi connectivity index (χ2v) is 12.1. The first-order valence-electron chi connectivity index (χ1n) is 11.5. The zero-order valence-corrected chi connectivity index (χ0v) is 23.4. The number of fused-ring (bicyclic) bond motifs is 1. The fourth-order valence-electron chi connectivity index (χ4n) is 4.38. The summed E-state index contributed by atoms with van der Waals surface area (Å²) >= 11 is 16.0. The highest BCUT2D eigenvalue weighted by Gasteiger charge is 2.31. The van der Waals surface area contributed by atoms with E-state index in [1.807, 2.05) is 48.5 Å². The molecule has 5 rings (SSSR count). The van der Waals surface area contributed by atoms with Crippen LogP contribution in [0.1, 0.15) is 21.5 Å². The van der Waals surface area contributed by atoms with Crippen molar-refractivity contribution in [3.63, 3.8) is 0 Å². The van der Waals surface area contributed by atoms with Gasteiger partial charge >= 0.3 is 0 Å². The van der Waals surface area contributed by atoms with E-state index in [1.54, 1.807) is 29.2 Å². The first-order chi connectivity index (χ1) is 17.8. The Labute approximate surface area is 234 Å². The minimum atomic E-state index is -4.08. The third-order valence-corrected chi connectivity index (χ3v) is 9.35. The Morgan fingerprint density at radius 3 is 2.38 bits per heavy atom. The van der Waals surface area contributed by atoms with Gasteiger partial charge in [0, 0.05) is 21.7 Å². The van der Waals surface area contributed by atoms with Crippen LogP contribution in [-0.4, -0.2) is 20.9 Å². The third kappa shape index (κ3) is 5.14. The quantitative estimate of drug-likeness (QED) is 0.228. The summed E-state index contributed by atoms with van der Waals surface area (Å²) in [5.41, 5.74) is 3.22. The highest BCUT2D eigenvalue weighted by Crippen LogP contribution is 2.36. The van der Waals surface area contributed by atoms with Crippen LogP contribution in [-0.2, 0) is 23.0 Å². The number of hydrogen-bond donors (Lipinski definition) is 0. The lowest BCUT2D eigenvalue weighted by molar-refractivity contribution is 0.0989. The molecule has 0 unspecified atom stereocenters. The molecular weight excluding hydrogens is 595 g/mol. The lowest BCUT2D eigenvalue weighted by atomic mass is 10.1. The molecule has 0 fully saturated rings. The van der Waals surface area contributed by atoms with Crippen LogP contribution < -0.4 is 9.21 Å². The molecule has 1 aliphatic rings. The van der Waals surface area contributed by atoms with E-state index in [0.717, 1.165) is 21.3 Å². The molecule has 188 valence electrons. The summed E-state index contributed by atoms with van der Waals surface area (Å²) in [6, 6.07) is 25.8. The van der Waals surface area contributed by atoms with Crippen LogP contribution in [0.25, 0.3) is 0 Å². The molecule has 0 N–H and O–H groups in total. The lowest BCUT2D eigenvalue weighted by Crippen LogP contribution is -2.32. The topological polar surface area (TPSA) is 57.7 Å². The van der Waals surface area contributed by atoms with Crippen molar-refractivity contribution in [2.75, 3.05) is 15.7 Å². The van der Waals surface area contributed by atoms with Gasteiger partial charge in [-0.1, -0.05) is 75.5 Å². The Hall–Kier alpha value is -2.84. The Kier molecular flexibility index (Phi) is 7.32. The SMILES string of the molecule is O=C(c1cc(S(=O)(=O)N(Cc2ccccc2)c2ccc(Cl)cc2)ccc1Cl)N1CCc2c(Br)cccc21. The third-order valence-electron chi connectivity index (χ3n) is 6.26. The van der Waals surface area contributed by atoms with Gasteiger partial charge in [-0.3, -0.25) is 9.10 Å². The molecule has 0 radical (unpaired) electrons. The van der Waals surface area contributed by atoms with Crippen LogP contribution >= 0.6 is 39.1 Å². The number of anilines is 2. The van der Waals surface area contributed by atoms with Gasteiger partial charge in [0.1, 0.15) is 0 Å². The zero-order chi connectivity index (χ0) is 26.2. The molecule has 1 aliphatic heterocycles. The molecule has 0 saturated carbocycles. The molecule has 37 heavy (non-hydrogen) atoms. The summed E-state index contributed by atoms with van der Waals surface area (Å²) < 4.78 is 30.2. The normalized spacial score (nSPS) is 12.9. The summed E-state index contributed by atoms with van der Waals surface area (Å²) in [6.07, 6.45) is 0.694. The van der Waals surface area contributed by atoms with Crippen LogP contribution in [0.4, 0.5) is 11.4 Å². The van der Waals surface area contributed by atoms with E-state index in [0.29, 0.717) is 23.7 Å². The minimum absolute atomic E-state index is 0.0280. The molecule has 0 aromatic heterocycles. The van der Waals surface area contributed by atoms with E-state index in [-0.39, 0.29) is 27.9 Å². The Bertz CT molecular complexity index is 1580. The Balaban J connectivity index is 1.55. The maximum atomic E-state index is 14.0. The van der Waals surface area contributed by atoms with Gasteiger partial charge in [0.25, 0.3) is 15.9 Å². The van der Waals surface area contributed by atoms with E-state index in [4.69, 9.17) is 23.2 Å². The van der Waals surface area contributed by atoms with E-state index < -0.39 is 10.0 Å². The number of hydrogen-bond acceptors (Lipinski definition) is 3. The number of sulfonamides is 1. The smallest absolute Gasteiger partial charge is 0.264 e. The summed E-state index contributed by atoms with van der Waals surface area (Å²) in [5.74, 6) is -0.347. The molecule has 4 aromatic rings. The summed E-state index contributed by atoms with van der Waals surface area (Å²) in [5, 5.41) is 0.686. The number of nitrogens with zero attached hydrogens (tertiary/aromatic N) is 2. The van der Waals surface area contributed by atoms with E-state index >= 15 is 0 Å². The minimum Gasteiger partial charge on any atom is -0.308 e. The number of amides is 1. The standard InChI is InChI=1S/C28H21BrCl2N2O3S/c29-25-7-4-8-27-23(25)15-16-32(27)28(34)24-17-22(13-14-26(24)31)37(35,36)33(18-19-5-2-1-3-6-19)21-11-9-20(30)10-12-21/h1-14,17H,15-16,18H2. The molecule has 1 heterocycles. The molecular formula is C28H21BrCl2N2O3S.